The first-order chi connectivity index (χ1) is 17.2. The van der Waals surface area contributed by atoms with Crippen LogP contribution in [-0.2, 0) is 17.9 Å². The lowest BCUT2D eigenvalue weighted by atomic mass is 10.1. The summed E-state index contributed by atoms with van der Waals surface area (Å²) in [5.41, 5.74) is 9.97. The number of anilines is 2. The van der Waals surface area contributed by atoms with E-state index in [9.17, 15) is 9.59 Å². The quantitative estimate of drug-likeness (QED) is 0.0849. The summed E-state index contributed by atoms with van der Waals surface area (Å²) in [6.45, 7) is 3.70. The summed E-state index contributed by atoms with van der Waals surface area (Å²) in [4.78, 5) is 30.4. The van der Waals surface area contributed by atoms with Crippen molar-refractivity contribution < 1.29 is 19.9 Å². The Kier molecular flexibility index (Phi) is 8.47. The van der Waals surface area contributed by atoms with Crippen LogP contribution in [0.25, 0.3) is 11.3 Å². The Bertz CT molecular complexity index is 1300. The Morgan fingerprint density at radius 3 is 2.56 bits per heavy atom. The van der Waals surface area contributed by atoms with Crippen molar-refractivity contribution in [1.29, 1.82) is 0 Å². The number of nitrogen functional groups attached to an aromatic ring is 1. The van der Waals surface area contributed by atoms with Gasteiger partial charge in [-0.05, 0) is 31.5 Å². The molecule has 36 heavy (non-hydrogen) atoms. The summed E-state index contributed by atoms with van der Waals surface area (Å²) in [7, 11) is 1.51. The number of hydroxylamine groups is 1. The summed E-state index contributed by atoms with van der Waals surface area (Å²) in [6.07, 6.45) is 1.52. The number of nitrogens with two attached hydrogens (primary N) is 1. The fourth-order valence-electron chi connectivity index (χ4n) is 3.46. The third-order valence-electron chi connectivity index (χ3n) is 5.16. The lowest BCUT2D eigenvalue weighted by Gasteiger charge is -2.17. The van der Waals surface area contributed by atoms with E-state index in [1.54, 1.807) is 47.9 Å². The van der Waals surface area contributed by atoms with E-state index < -0.39 is 11.5 Å². The van der Waals surface area contributed by atoms with Crippen LogP contribution in [0.3, 0.4) is 0 Å². The van der Waals surface area contributed by atoms with Gasteiger partial charge in [0.05, 0.1) is 19.0 Å². The van der Waals surface area contributed by atoms with E-state index in [0.29, 0.717) is 28.3 Å². The van der Waals surface area contributed by atoms with Gasteiger partial charge in [0, 0.05) is 35.5 Å². The SMILES string of the molecule is COc1cc(N)cc(-c2cnc(NC(C)C)c(=O)n2CC(=O)NCc2ccc(C(=NO)NO)cc2)c1. The molecule has 0 saturated heterocycles. The van der Waals surface area contributed by atoms with Gasteiger partial charge in [-0.1, -0.05) is 29.4 Å². The molecule has 1 amide bonds. The number of hydrogen-bond donors (Lipinski definition) is 6. The minimum atomic E-state index is -0.450. The molecule has 12 heteroatoms. The number of hydrogen-bond acceptors (Lipinski definition) is 9. The van der Waals surface area contributed by atoms with Crippen LogP contribution in [-0.4, -0.2) is 44.9 Å². The molecular formula is C24H29N7O5. The third kappa shape index (κ3) is 6.30. The van der Waals surface area contributed by atoms with Crippen LogP contribution < -0.4 is 32.1 Å². The summed E-state index contributed by atoms with van der Waals surface area (Å²) in [5.74, 6) is 0.132. The Hall–Kier alpha value is -4.58. The zero-order valence-corrected chi connectivity index (χ0v) is 20.1. The van der Waals surface area contributed by atoms with Gasteiger partial charge in [0.1, 0.15) is 12.3 Å². The van der Waals surface area contributed by atoms with Crippen LogP contribution in [0.1, 0.15) is 25.0 Å². The molecule has 0 bridgehead atoms. The summed E-state index contributed by atoms with van der Waals surface area (Å²) >= 11 is 0. The molecule has 1 heterocycles. The van der Waals surface area contributed by atoms with Gasteiger partial charge in [-0.2, -0.15) is 0 Å². The second-order valence-electron chi connectivity index (χ2n) is 8.21. The van der Waals surface area contributed by atoms with Gasteiger partial charge >= 0.3 is 0 Å². The third-order valence-corrected chi connectivity index (χ3v) is 5.16. The van der Waals surface area contributed by atoms with Crippen molar-refractivity contribution in [3.05, 3.63) is 70.1 Å². The standard InChI is InChI=1S/C24H29N7O5/c1-14(2)28-23-24(33)31(20(12-27-23)17-8-18(25)10-19(9-17)36-3)13-21(32)26-11-15-4-6-16(7-5-15)22(29-34)30-35/h4-10,12,14,34-35H,11,13,25H2,1-3H3,(H,26,32)(H,27,28)(H,29,30). The molecule has 3 rings (SSSR count). The molecule has 0 unspecified atom stereocenters. The number of aromatic nitrogens is 2. The van der Waals surface area contributed by atoms with Crippen molar-refractivity contribution in [3.63, 3.8) is 0 Å². The Morgan fingerprint density at radius 2 is 1.94 bits per heavy atom. The summed E-state index contributed by atoms with van der Waals surface area (Å²) in [5, 5.41) is 26.6. The molecule has 0 spiro atoms. The number of amides is 1. The van der Waals surface area contributed by atoms with E-state index in [4.69, 9.17) is 20.9 Å². The molecule has 7 N–H and O–H groups in total. The maximum atomic E-state index is 13.2. The van der Waals surface area contributed by atoms with Gasteiger partial charge in [0.25, 0.3) is 5.56 Å². The van der Waals surface area contributed by atoms with E-state index in [1.165, 1.54) is 17.9 Å². The van der Waals surface area contributed by atoms with Crippen molar-refractivity contribution in [2.45, 2.75) is 33.0 Å². The number of nitrogens with zero attached hydrogens (tertiary/aromatic N) is 3. The van der Waals surface area contributed by atoms with Crippen molar-refractivity contribution >= 4 is 23.2 Å². The van der Waals surface area contributed by atoms with E-state index in [0.717, 1.165) is 5.56 Å². The molecule has 0 aliphatic rings. The average Bonchev–Trinajstić information content (AvgIpc) is 2.86. The molecule has 0 atom stereocenters. The van der Waals surface area contributed by atoms with Crippen LogP contribution in [0, 0.1) is 0 Å². The van der Waals surface area contributed by atoms with Crippen LogP contribution in [0.5, 0.6) is 5.75 Å². The van der Waals surface area contributed by atoms with E-state index in [1.807, 2.05) is 13.8 Å². The van der Waals surface area contributed by atoms with E-state index in [-0.39, 0.29) is 30.8 Å². The zero-order chi connectivity index (χ0) is 26.2. The van der Waals surface area contributed by atoms with Crippen molar-refractivity contribution in [2.24, 2.45) is 5.16 Å². The molecule has 0 aliphatic heterocycles. The van der Waals surface area contributed by atoms with Crippen LogP contribution in [0.2, 0.25) is 0 Å². The van der Waals surface area contributed by atoms with Gasteiger partial charge in [-0.25, -0.2) is 10.5 Å². The Labute approximate surface area is 207 Å². The molecule has 0 radical (unpaired) electrons. The first-order valence-electron chi connectivity index (χ1n) is 11.0. The second kappa shape index (κ2) is 11.7. The Balaban J connectivity index is 1.86. The topological polar surface area (TPSA) is 176 Å². The maximum absolute atomic E-state index is 13.2. The molecule has 0 saturated carbocycles. The smallest absolute Gasteiger partial charge is 0.294 e. The number of carbonyl (C=O) groups excluding carboxylic acids is 1. The largest absolute Gasteiger partial charge is 0.497 e. The van der Waals surface area contributed by atoms with Crippen molar-refractivity contribution in [3.8, 4) is 17.0 Å². The van der Waals surface area contributed by atoms with Crippen LogP contribution >= 0.6 is 0 Å². The van der Waals surface area contributed by atoms with Gasteiger partial charge < -0.3 is 26.3 Å². The lowest BCUT2D eigenvalue weighted by Crippen LogP contribution is -2.35. The lowest BCUT2D eigenvalue weighted by molar-refractivity contribution is -0.121. The highest BCUT2D eigenvalue weighted by Crippen LogP contribution is 2.26. The number of oxime groups is 1. The predicted molar refractivity (Wildman–Crippen MR) is 135 cm³/mol. The normalized spacial score (nSPS) is 11.3. The van der Waals surface area contributed by atoms with Gasteiger partial charge in [-0.3, -0.25) is 19.4 Å². The second-order valence-corrected chi connectivity index (χ2v) is 8.21. The van der Waals surface area contributed by atoms with Crippen LogP contribution in [0.4, 0.5) is 11.5 Å². The highest BCUT2D eigenvalue weighted by Gasteiger charge is 2.16. The molecule has 0 fully saturated rings. The number of amidine groups is 1. The minimum absolute atomic E-state index is 0.0359. The average molecular weight is 496 g/mol. The van der Waals surface area contributed by atoms with Gasteiger partial charge in [-0.15, -0.1) is 0 Å². The summed E-state index contributed by atoms with van der Waals surface area (Å²) in [6, 6.07) is 11.6. The highest BCUT2D eigenvalue weighted by molar-refractivity contribution is 5.97. The maximum Gasteiger partial charge on any atom is 0.294 e. The Morgan fingerprint density at radius 1 is 1.22 bits per heavy atom. The molecule has 190 valence electrons. The number of ether oxygens (including phenoxy) is 1. The number of carbonyl (C=O) groups is 1. The molecular weight excluding hydrogens is 466 g/mol. The molecule has 3 aromatic rings. The fourth-order valence-corrected chi connectivity index (χ4v) is 3.46. The number of methoxy groups -OCH3 is 1. The molecule has 0 aliphatic carbocycles. The molecule has 12 nitrogen and oxygen atoms in total. The first-order valence-corrected chi connectivity index (χ1v) is 11.0. The first kappa shape index (κ1) is 26.0. The van der Waals surface area contributed by atoms with Crippen molar-refractivity contribution in [1.82, 2.24) is 20.3 Å². The zero-order valence-electron chi connectivity index (χ0n) is 20.1. The number of benzene rings is 2. The number of nitrogens with one attached hydrogen (secondary N) is 3. The highest BCUT2D eigenvalue weighted by atomic mass is 16.5. The molecule has 1 aromatic heterocycles. The monoisotopic (exact) mass is 495 g/mol. The van der Waals surface area contributed by atoms with E-state index >= 15 is 0 Å². The minimum Gasteiger partial charge on any atom is -0.497 e. The van der Waals surface area contributed by atoms with Gasteiger partial charge in [0.15, 0.2) is 11.7 Å². The molecule has 2 aromatic carbocycles. The fraction of sp³-hybridized carbons (Fsp3) is 0.250. The van der Waals surface area contributed by atoms with E-state index in [2.05, 4.69) is 20.8 Å². The van der Waals surface area contributed by atoms with Crippen LogP contribution in [0.15, 0.2) is 58.6 Å². The van der Waals surface area contributed by atoms with Gasteiger partial charge in [0.2, 0.25) is 5.91 Å². The van der Waals surface area contributed by atoms with Crippen molar-refractivity contribution in [2.75, 3.05) is 18.2 Å². The number of rotatable bonds is 9. The predicted octanol–water partition coefficient (Wildman–Crippen LogP) is 1.75. The summed E-state index contributed by atoms with van der Waals surface area (Å²) < 4.78 is 6.63.